The second kappa shape index (κ2) is 12.5. The average Bonchev–Trinajstić information content (AvgIpc) is 3.03. The Kier molecular flexibility index (Phi) is 8.17. The number of nitrogens with zero attached hydrogens (tertiary/aromatic N) is 1. The summed E-state index contributed by atoms with van der Waals surface area (Å²) in [4.78, 5) is 25.2. The van der Waals surface area contributed by atoms with Crippen molar-refractivity contribution in [3.05, 3.63) is 153 Å². The summed E-state index contributed by atoms with van der Waals surface area (Å²) in [5.74, 6) is -0.0994. The van der Waals surface area contributed by atoms with Crippen LogP contribution < -0.4 is 14.4 Å². The number of carbonyl (C=O) groups is 2. The molecule has 0 aliphatic rings. The van der Waals surface area contributed by atoms with Crippen LogP contribution in [-0.2, 0) is 9.59 Å². The molecule has 0 unspecified atom stereocenters. The summed E-state index contributed by atoms with van der Waals surface area (Å²) in [5.41, 5.74) is 7.10. The van der Waals surface area contributed by atoms with Gasteiger partial charge in [0.2, 0.25) is 0 Å². The first-order valence-corrected chi connectivity index (χ1v) is 13.0. The molecule has 0 N–H and O–H groups in total. The molecule has 0 saturated carbocycles. The summed E-state index contributed by atoms with van der Waals surface area (Å²) in [7, 11) is 0. The van der Waals surface area contributed by atoms with Gasteiger partial charge in [-0.3, -0.25) is 0 Å². The molecule has 0 bridgehead atoms. The Morgan fingerprint density at radius 1 is 0.463 bits per heavy atom. The summed E-state index contributed by atoms with van der Waals surface area (Å²) < 4.78 is 10.4. The molecule has 0 fully saturated rings. The molecule has 0 amide bonds. The average molecular weight is 538 g/mol. The Morgan fingerprint density at radius 3 is 1.17 bits per heavy atom. The maximum absolute atomic E-state index is 11.6. The maximum atomic E-state index is 11.6. The molecule has 0 spiro atoms. The lowest BCUT2D eigenvalue weighted by Crippen LogP contribution is -2.10. The lowest BCUT2D eigenvalue weighted by molar-refractivity contribution is -0.129. The summed E-state index contributed by atoms with van der Waals surface area (Å²) in [6.07, 6.45) is 2.27. The van der Waals surface area contributed by atoms with Gasteiger partial charge in [-0.15, -0.1) is 0 Å². The van der Waals surface area contributed by atoms with E-state index in [4.69, 9.17) is 9.47 Å². The lowest BCUT2D eigenvalue weighted by Gasteiger charge is -2.26. The second-order valence-corrected chi connectivity index (χ2v) is 9.06. The number of anilines is 3. The van der Waals surface area contributed by atoms with E-state index in [1.807, 2.05) is 54.6 Å². The fourth-order valence-electron chi connectivity index (χ4n) is 4.38. The maximum Gasteiger partial charge on any atom is 0.335 e. The third-order valence-electron chi connectivity index (χ3n) is 6.41. The van der Waals surface area contributed by atoms with Gasteiger partial charge in [0.25, 0.3) is 0 Å². The van der Waals surface area contributed by atoms with Crippen LogP contribution >= 0.6 is 0 Å². The molecule has 0 heterocycles. The van der Waals surface area contributed by atoms with E-state index >= 15 is 0 Å². The molecule has 200 valence electrons. The third kappa shape index (κ3) is 6.49. The summed E-state index contributed by atoms with van der Waals surface area (Å²) in [5, 5.41) is 0. The first kappa shape index (κ1) is 26.9. The van der Waals surface area contributed by atoms with Crippen molar-refractivity contribution >= 4 is 29.0 Å². The minimum atomic E-state index is -0.506. The minimum absolute atomic E-state index is 0.440. The molecule has 5 aromatic rings. The molecule has 0 saturated heterocycles. The number of hydrogen-bond acceptors (Lipinski definition) is 5. The highest BCUT2D eigenvalue weighted by atomic mass is 16.5. The predicted octanol–water partition coefficient (Wildman–Crippen LogP) is 8.67. The van der Waals surface area contributed by atoms with E-state index in [0.29, 0.717) is 11.5 Å². The smallest absolute Gasteiger partial charge is 0.335 e. The number of esters is 2. The second-order valence-electron chi connectivity index (χ2n) is 9.06. The number of carbonyl (C=O) groups excluding carboxylic acids is 2. The van der Waals surface area contributed by atoms with Crippen LogP contribution in [0.2, 0.25) is 0 Å². The Balaban J connectivity index is 1.46. The van der Waals surface area contributed by atoms with Crippen LogP contribution in [0.3, 0.4) is 0 Å². The number of ether oxygens (including phenoxy) is 2. The van der Waals surface area contributed by atoms with Crippen LogP contribution in [0.4, 0.5) is 17.1 Å². The molecular formula is C36H27NO4. The van der Waals surface area contributed by atoms with Crippen molar-refractivity contribution in [1.82, 2.24) is 0 Å². The van der Waals surface area contributed by atoms with Gasteiger partial charge in [-0.25, -0.2) is 9.59 Å². The fraction of sp³-hybridized carbons (Fsp3) is 0. The van der Waals surface area contributed by atoms with Crippen molar-refractivity contribution in [3.63, 3.8) is 0 Å². The van der Waals surface area contributed by atoms with Crippen molar-refractivity contribution in [1.29, 1.82) is 0 Å². The Morgan fingerprint density at radius 2 is 0.780 bits per heavy atom. The zero-order chi connectivity index (χ0) is 28.6. The highest BCUT2D eigenvalue weighted by Crippen LogP contribution is 2.37. The van der Waals surface area contributed by atoms with Crippen LogP contribution in [0, 0.1) is 0 Å². The van der Waals surface area contributed by atoms with Crippen LogP contribution in [0.15, 0.2) is 153 Å². The normalized spacial score (nSPS) is 10.3. The number of hydrogen-bond donors (Lipinski definition) is 0. The van der Waals surface area contributed by atoms with Gasteiger partial charge < -0.3 is 14.4 Å². The highest BCUT2D eigenvalue weighted by Gasteiger charge is 2.14. The fourth-order valence-corrected chi connectivity index (χ4v) is 4.38. The van der Waals surface area contributed by atoms with Gasteiger partial charge in [0.05, 0.1) is 0 Å². The predicted molar refractivity (Wildman–Crippen MR) is 164 cm³/mol. The molecule has 0 aliphatic heterocycles. The Hall–Kier alpha value is -5.68. The van der Waals surface area contributed by atoms with Gasteiger partial charge in [-0.2, -0.15) is 0 Å². The summed E-state index contributed by atoms with van der Waals surface area (Å²) >= 11 is 0. The van der Waals surface area contributed by atoms with Crippen LogP contribution in [0.5, 0.6) is 11.5 Å². The summed E-state index contributed by atoms with van der Waals surface area (Å²) in [6, 6.07) is 41.5. The monoisotopic (exact) mass is 537 g/mol. The zero-order valence-electron chi connectivity index (χ0n) is 22.3. The van der Waals surface area contributed by atoms with E-state index in [2.05, 4.69) is 66.6 Å². The van der Waals surface area contributed by atoms with E-state index in [1.54, 1.807) is 24.3 Å². The molecule has 5 nitrogen and oxygen atoms in total. The molecule has 5 rings (SSSR count). The van der Waals surface area contributed by atoms with Crippen LogP contribution in [-0.4, -0.2) is 11.9 Å². The zero-order valence-corrected chi connectivity index (χ0v) is 22.3. The van der Waals surface area contributed by atoms with E-state index in [0.717, 1.165) is 51.5 Å². The standard InChI is InChI=1S/C36H27NO4/c1-3-35(38)40-33-22-14-29(15-23-33)28-12-18-31(19-13-28)37(32-20-24-34(25-21-32)41-36(39)4-2)30-16-10-27(11-17-30)26-8-6-5-7-9-26/h3-25H,1-2H2. The van der Waals surface area contributed by atoms with Crippen LogP contribution in [0.1, 0.15) is 0 Å². The number of rotatable bonds is 9. The van der Waals surface area contributed by atoms with Crippen molar-refractivity contribution in [2.45, 2.75) is 0 Å². The Bertz CT molecular complexity index is 1660. The van der Waals surface area contributed by atoms with Gasteiger partial charge >= 0.3 is 11.9 Å². The molecule has 5 aromatic carbocycles. The van der Waals surface area contributed by atoms with Crippen molar-refractivity contribution in [2.24, 2.45) is 0 Å². The van der Waals surface area contributed by atoms with Gasteiger partial charge in [0, 0.05) is 29.2 Å². The van der Waals surface area contributed by atoms with E-state index in [-0.39, 0.29) is 0 Å². The molecule has 41 heavy (non-hydrogen) atoms. The lowest BCUT2D eigenvalue weighted by atomic mass is 10.0. The van der Waals surface area contributed by atoms with Gasteiger partial charge in [-0.1, -0.05) is 79.9 Å². The van der Waals surface area contributed by atoms with Gasteiger partial charge in [0.1, 0.15) is 11.5 Å². The molecule has 0 atom stereocenters. The first-order chi connectivity index (χ1) is 20.0. The first-order valence-electron chi connectivity index (χ1n) is 13.0. The van der Waals surface area contributed by atoms with E-state index in [9.17, 15) is 9.59 Å². The molecular weight excluding hydrogens is 510 g/mol. The van der Waals surface area contributed by atoms with Gasteiger partial charge in [0.15, 0.2) is 0 Å². The van der Waals surface area contributed by atoms with Crippen LogP contribution in [0.25, 0.3) is 22.3 Å². The highest BCUT2D eigenvalue weighted by molar-refractivity contribution is 5.84. The van der Waals surface area contributed by atoms with E-state index in [1.165, 1.54) is 0 Å². The topological polar surface area (TPSA) is 55.8 Å². The number of benzene rings is 5. The Labute approximate surface area is 239 Å². The van der Waals surface area contributed by atoms with E-state index < -0.39 is 11.9 Å². The SMILES string of the molecule is C=CC(=O)Oc1ccc(-c2ccc(N(c3ccc(OC(=O)C=C)cc3)c3ccc(-c4ccccc4)cc3)cc2)cc1. The van der Waals surface area contributed by atoms with Crippen molar-refractivity contribution < 1.29 is 19.1 Å². The van der Waals surface area contributed by atoms with Gasteiger partial charge in [-0.05, 0) is 82.9 Å². The van der Waals surface area contributed by atoms with Crippen molar-refractivity contribution in [2.75, 3.05) is 4.90 Å². The largest absolute Gasteiger partial charge is 0.423 e. The molecule has 0 radical (unpaired) electrons. The molecule has 0 aliphatic carbocycles. The molecule has 0 aromatic heterocycles. The minimum Gasteiger partial charge on any atom is -0.423 e. The quantitative estimate of drug-likeness (QED) is 0.107. The van der Waals surface area contributed by atoms with Crippen molar-refractivity contribution in [3.8, 4) is 33.8 Å². The molecule has 5 heteroatoms. The third-order valence-corrected chi connectivity index (χ3v) is 6.41. The summed E-state index contributed by atoms with van der Waals surface area (Å²) in [6.45, 7) is 6.88.